The highest BCUT2D eigenvalue weighted by Crippen LogP contribution is 2.13. The molecule has 0 saturated heterocycles. The van der Waals surface area contributed by atoms with E-state index >= 15 is 0 Å². The predicted octanol–water partition coefficient (Wildman–Crippen LogP) is 0.951. The lowest BCUT2D eigenvalue weighted by Gasteiger charge is -2.05. The molecule has 1 aromatic rings. The molecule has 0 aliphatic rings. The molecule has 19 heavy (non-hydrogen) atoms. The minimum Gasteiger partial charge on any atom is -0.481 e. The van der Waals surface area contributed by atoms with Crippen LogP contribution < -0.4 is 5.32 Å². The number of aromatic nitrogens is 2. The molecule has 6 nitrogen and oxygen atoms in total. The second-order valence-electron chi connectivity index (χ2n) is 4.62. The van der Waals surface area contributed by atoms with Gasteiger partial charge in [0.2, 0.25) is 5.91 Å². The third-order valence-corrected chi connectivity index (χ3v) is 3.15. The number of rotatable bonds is 7. The average molecular weight is 267 g/mol. The molecule has 1 aromatic heterocycles. The number of aliphatic carboxylic acids is 1. The van der Waals surface area contributed by atoms with Gasteiger partial charge in [-0.25, -0.2) is 0 Å². The van der Waals surface area contributed by atoms with Crippen molar-refractivity contribution in [3.63, 3.8) is 0 Å². The summed E-state index contributed by atoms with van der Waals surface area (Å²) in [6.07, 6.45) is 1.61. The van der Waals surface area contributed by atoms with Crippen LogP contribution in [-0.2, 0) is 23.1 Å². The van der Waals surface area contributed by atoms with Crippen molar-refractivity contribution in [2.75, 3.05) is 6.54 Å². The Kier molecular flexibility index (Phi) is 5.54. The predicted molar refractivity (Wildman–Crippen MR) is 70.9 cm³/mol. The van der Waals surface area contributed by atoms with E-state index in [1.807, 2.05) is 25.6 Å². The normalized spacial score (nSPS) is 10.5. The molecule has 0 aliphatic carbocycles. The van der Waals surface area contributed by atoms with E-state index in [-0.39, 0.29) is 12.3 Å². The zero-order chi connectivity index (χ0) is 14.4. The number of nitrogens with one attached hydrogen (secondary N) is 1. The van der Waals surface area contributed by atoms with Crippen LogP contribution in [0.2, 0.25) is 0 Å². The molecule has 0 aliphatic heterocycles. The van der Waals surface area contributed by atoms with Crippen LogP contribution in [0.25, 0.3) is 0 Å². The third-order valence-electron chi connectivity index (χ3n) is 3.15. The van der Waals surface area contributed by atoms with Crippen molar-refractivity contribution in [2.24, 2.45) is 7.05 Å². The molecule has 0 spiro atoms. The molecule has 1 amide bonds. The largest absolute Gasteiger partial charge is 0.481 e. The number of carbonyl (C=O) groups excluding carboxylic acids is 1. The first kappa shape index (κ1) is 15.2. The second-order valence-corrected chi connectivity index (χ2v) is 4.62. The van der Waals surface area contributed by atoms with E-state index in [1.54, 1.807) is 0 Å². The fourth-order valence-electron chi connectivity index (χ4n) is 1.97. The Morgan fingerprint density at radius 3 is 2.53 bits per heavy atom. The number of carbonyl (C=O) groups is 2. The molecular weight excluding hydrogens is 246 g/mol. The number of nitrogens with zero attached hydrogens (tertiary/aromatic N) is 2. The summed E-state index contributed by atoms with van der Waals surface area (Å²) in [6.45, 7) is 4.34. The van der Waals surface area contributed by atoms with E-state index < -0.39 is 5.97 Å². The molecule has 0 unspecified atom stereocenters. The highest BCUT2D eigenvalue weighted by Gasteiger charge is 2.11. The van der Waals surface area contributed by atoms with E-state index in [1.165, 1.54) is 0 Å². The highest BCUT2D eigenvalue weighted by molar-refractivity contribution is 5.76. The van der Waals surface area contributed by atoms with Gasteiger partial charge in [0.1, 0.15) is 0 Å². The van der Waals surface area contributed by atoms with Gasteiger partial charge in [-0.2, -0.15) is 5.10 Å². The maximum absolute atomic E-state index is 11.6. The van der Waals surface area contributed by atoms with Gasteiger partial charge in [0.05, 0.1) is 5.69 Å². The zero-order valence-corrected chi connectivity index (χ0v) is 11.7. The topological polar surface area (TPSA) is 84.2 Å². The van der Waals surface area contributed by atoms with E-state index in [4.69, 9.17) is 5.11 Å². The van der Waals surface area contributed by atoms with Gasteiger partial charge in [-0.15, -0.1) is 0 Å². The molecule has 106 valence electrons. The quantitative estimate of drug-likeness (QED) is 0.720. The van der Waals surface area contributed by atoms with Crippen molar-refractivity contribution in [1.29, 1.82) is 0 Å². The standard InChI is InChI=1S/C13H21N3O3/c1-9-11(10(2)16(3)15-9)6-7-12(17)14-8-4-5-13(18)19/h4-8H2,1-3H3,(H,14,17)(H,18,19). The molecule has 0 radical (unpaired) electrons. The minimum absolute atomic E-state index is 0.0481. The summed E-state index contributed by atoms with van der Waals surface area (Å²) in [7, 11) is 1.89. The molecule has 0 aromatic carbocycles. The van der Waals surface area contributed by atoms with Crippen LogP contribution in [-0.4, -0.2) is 33.3 Å². The SMILES string of the molecule is Cc1nn(C)c(C)c1CCC(=O)NCCCC(=O)O. The number of amides is 1. The Hall–Kier alpha value is -1.85. The van der Waals surface area contributed by atoms with Crippen molar-refractivity contribution < 1.29 is 14.7 Å². The number of aryl methyl sites for hydroxylation is 2. The van der Waals surface area contributed by atoms with E-state index in [9.17, 15) is 9.59 Å². The Bertz CT molecular complexity index is 466. The summed E-state index contributed by atoms with van der Waals surface area (Å²) in [5.41, 5.74) is 3.15. The first-order valence-electron chi connectivity index (χ1n) is 6.39. The van der Waals surface area contributed by atoms with E-state index in [2.05, 4.69) is 10.4 Å². The number of carboxylic acids is 1. The lowest BCUT2D eigenvalue weighted by Crippen LogP contribution is -2.25. The van der Waals surface area contributed by atoms with Crippen molar-refractivity contribution in [3.8, 4) is 0 Å². The van der Waals surface area contributed by atoms with Gasteiger partial charge in [-0.05, 0) is 32.3 Å². The summed E-state index contributed by atoms with van der Waals surface area (Å²) < 4.78 is 1.81. The molecular formula is C13H21N3O3. The molecule has 1 heterocycles. The van der Waals surface area contributed by atoms with Crippen LogP contribution in [0.1, 0.15) is 36.2 Å². The second kappa shape index (κ2) is 6.92. The molecule has 1 rings (SSSR count). The lowest BCUT2D eigenvalue weighted by atomic mass is 10.1. The molecule has 0 fully saturated rings. The van der Waals surface area contributed by atoms with E-state index in [0.29, 0.717) is 25.8 Å². The highest BCUT2D eigenvalue weighted by atomic mass is 16.4. The van der Waals surface area contributed by atoms with Crippen LogP contribution in [0.4, 0.5) is 0 Å². The molecule has 0 saturated carbocycles. The summed E-state index contributed by atoms with van der Waals surface area (Å²) in [5, 5.41) is 15.5. The Balaban J connectivity index is 2.32. The molecule has 0 atom stereocenters. The average Bonchev–Trinajstić information content (AvgIpc) is 2.57. The summed E-state index contributed by atoms with van der Waals surface area (Å²) in [6, 6.07) is 0. The Morgan fingerprint density at radius 1 is 1.32 bits per heavy atom. The number of hydrogen-bond acceptors (Lipinski definition) is 3. The van der Waals surface area contributed by atoms with Crippen LogP contribution in [0.3, 0.4) is 0 Å². The minimum atomic E-state index is -0.837. The molecule has 0 bridgehead atoms. The first-order valence-corrected chi connectivity index (χ1v) is 6.39. The zero-order valence-electron chi connectivity index (χ0n) is 11.7. The summed E-state index contributed by atoms with van der Waals surface area (Å²) in [4.78, 5) is 21.9. The number of hydrogen-bond donors (Lipinski definition) is 2. The van der Waals surface area contributed by atoms with Gasteiger partial charge in [0, 0.05) is 32.1 Å². The van der Waals surface area contributed by atoms with Crippen LogP contribution in [0.5, 0.6) is 0 Å². The Morgan fingerprint density at radius 2 is 2.00 bits per heavy atom. The van der Waals surface area contributed by atoms with Crippen molar-refractivity contribution in [2.45, 2.75) is 39.5 Å². The van der Waals surface area contributed by atoms with Crippen molar-refractivity contribution >= 4 is 11.9 Å². The van der Waals surface area contributed by atoms with Gasteiger partial charge < -0.3 is 10.4 Å². The van der Waals surface area contributed by atoms with E-state index in [0.717, 1.165) is 17.0 Å². The van der Waals surface area contributed by atoms with Crippen LogP contribution >= 0.6 is 0 Å². The lowest BCUT2D eigenvalue weighted by molar-refractivity contribution is -0.137. The summed E-state index contributed by atoms with van der Waals surface area (Å²) >= 11 is 0. The maximum atomic E-state index is 11.6. The first-order chi connectivity index (χ1) is 8.91. The smallest absolute Gasteiger partial charge is 0.303 e. The van der Waals surface area contributed by atoms with Gasteiger partial charge in [-0.1, -0.05) is 0 Å². The molecule has 2 N–H and O–H groups in total. The van der Waals surface area contributed by atoms with Crippen molar-refractivity contribution in [1.82, 2.24) is 15.1 Å². The monoisotopic (exact) mass is 267 g/mol. The summed E-state index contributed by atoms with van der Waals surface area (Å²) in [5.74, 6) is -0.885. The fraction of sp³-hybridized carbons (Fsp3) is 0.615. The number of carboxylic acid groups (broad SMARTS) is 1. The van der Waals surface area contributed by atoms with Gasteiger partial charge in [0.25, 0.3) is 0 Å². The van der Waals surface area contributed by atoms with Gasteiger partial charge in [-0.3, -0.25) is 14.3 Å². The fourth-order valence-corrected chi connectivity index (χ4v) is 1.97. The third kappa shape index (κ3) is 4.73. The van der Waals surface area contributed by atoms with Crippen molar-refractivity contribution in [3.05, 3.63) is 17.0 Å². The van der Waals surface area contributed by atoms with Crippen LogP contribution in [0.15, 0.2) is 0 Å². The van der Waals surface area contributed by atoms with Crippen LogP contribution in [0, 0.1) is 13.8 Å². The van der Waals surface area contributed by atoms with Gasteiger partial charge in [0.15, 0.2) is 0 Å². The Labute approximate surface area is 112 Å². The molecule has 6 heteroatoms. The van der Waals surface area contributed by atoms with Gasteiger partial charge >= 0.3 is 5.97 Å². The maximum Gasteiger partial charge on any atom is 0.303 e.